The second-order valence-electron chi connectivity index (χ2n) is 7.49. The van der Waals surface area contributed by atoms with Crippen molar-refractivity contribution in [2.45, 2.75) is 45.4 Å². The molecule has 1 heterocycles. The second kappa shape index (κ2) is 7.48. The second-order valence-corrected chi connectivity index (χ2v) is 8.25. The Morgan fingerprint density at radius 1 is 1.33 bits per heavy atom. The van der Waals surface area contributed by atoms with Crippen molar-refractivity contribution >= 4 is 40.5 Å². The fourth-order valence-corrected chi connectivity index (χ4v) is 5.08. The number of benzene rings is 1. The summed E-state index contributed by atoms with van der Waals surface area (Å²) in [5, 5.41) is 0.911. The van der Waals surface area contributed by atoms with E-state index in [-0.39, 0.29) is 11.2 Å². The summed E-state index contributed by atoms with van der Waals surface area (Å²) in [6.07, 6.45) is 6.89. The van der Waals surface area contributed by atoms with Crippen LogP contribution in [-0.2, 0) is 16.0 Å². The van der Waals surface area contributed by atoms with Gasteiger partial charge in [-0.3, -0.25) is 9.79 Å². The molecule has 27 heavy (non-hydrogen) atoms. The SMILES string of the molecule is CCC[C@]12CCC(=O)C=C1c1c(cc(OCCC3=NCCO3)c(Cl)c1Cl)C2. The number of allylic oxidation sites excluding steroid dienone is 2. The van der Waals surface area contributed by atoms with Crippen LogP contribution >= 0.6 is 23.2 Å². The minimum Gasteiger partial charge on any atom is -0.491 e. The van der Waals surface area contributed by atoms with Crippen molar-refractivity contribution in [3.05, 3.63) is 33.3 Å². The third-order valence-electron chi connectivity index (χ3n) is 5.73. The van der Waals surface area contributed by atoms with Crippen LogP contribution in [0.2, 0.25) is 10.0 Å². The quantitative estimate of drug-likeness (QED) is 0.644. The molecule has 2 aliphatic carbocycles. The Balaban J connectivity index is 1.63. The first-order valence-electron chi connectivity index (χ1n) is 9.59. The molecular formula is C21H23Cl2NO3. The molecular weight excluding hydrogens is 385 g/mol. The molecule has 0 unspecified atom stereocenters. The minimum atomic E-state index is 0.00298. The summed E-state index contributed by atoms with van der Waals surface area (Å²) in [5.41, 5.74) is 3.15. The molecule has 0 spiro atoms. The maximum absolute atomic E-state index is 12.1. The molecule has 0 saturated carbocycles. The molecule has 0 fully saturated rings. The molecule has 3 aliphatic rings. The molecule has 6 heteroatoms. The first-order chi connectivity index (χ1) is 13.0. The number of fused-ring (bicyclic) bond motifs is 3. The molecule has 0 saturated heterocycles. The van der Waals surface area contributed by atoms with Gasteiger partial charge in [-0.1, -0.05) is 36.5 Å². The van der Waals surface area contributed by atoms with E-state index in [1.807, 2.05) is 6.07 Å². The normalized spacial score (nSPS) is 23.4. The number of hydrogen-bond donors (Lipinski definition) is 0. The fraction of sp³-hybridized carbons (Fsp3) is 0.524. The molecule has 1 aromatic rings. The van der Waals surface area contributed by atoms with E-state index in [2.05, 4.69) is 11.9 Å². The maximum Gasteiger partial charge on any atom is 0.186 e. The number of ketones is 1. The van der Waals surface area contributed by atoms with Gasteiger partial charge in [-0.05, 0) is 42.5 Å². The van der Waals surface area contributed by atoms with Crippen LogP contribution in [0.4, 0.5) is 0 Å². The van der Waals surface area contributed by atoms with Crippen molar-refractivity contribution in [3.63, 3.8) is 0 Å². The number of ether oxygens (including phenoxy) is 2. The zero-order valence-electron chi connectivity index (χ0n) is 15.4. The number of nitrogens with zero attached hydrogens (tertiary/aromatic N) is 1. The van der Waals surface area contributed by atoms with Crippen LogP contribution in [0.5, 0.6) is 5.75 Å². The Morgan fingerprint density at radius 3 is 2.93 bits per heavy atom. The van der Waals surface area contributed by atoms with Crippen LogP contribution in [0.1, 0.15) is 50.2 Å². The van der Waals surface area contributed by atoms with Crippen LogP contribution in [0.3, 0.4) is 0 Å². The third kappa shape index (κ3) is 3.38. The van der Waals surface area contributed by atoms with E-state index in [0.717, 1.165) is 48.3 Å². The fourth-order valence-electron chi connectivity index (χ4n) is 4.56. The molecule has 1 aliphatic heterocycles. The summed E-state index contributed by atoms with van der Waals surface area (Å²) in [7, 11) is 0. The van der Waals surface area contributed by atoms with Crippen LogP contribution < -0.4 is 4.74 Å². The molecule has 0 N–H and O–H groups in total. The Hall–Kier alpha value is -1.52. The van der Waals surface area contributed by atoms with E-state index in [9.17, 15) is 4.79 Å². The third-order valence-corrected chi connectivity index (χ3v) is 6.58. The highest BCUT2D eigenvalue weighted by Gasteiger charge is 2.45. The van der Waals surface area contributed by atoms with E-state index >= 15 is 0 Å². The predicted octanol–water partition coefficient (Wildman–Crippen LogP) is 5.28. The average molecular weight is 408 g/mol. The van der Waals surface area contributed by atoms with Crippen molar-refractivity contribution in [2.75, 3.05) is 19.8 Å². The summed E-state index contributed by atoms with van der Waals surface area (Å²) in [5.74, 6) is 1.50. The van der Waals surface area contributed by atoms with Gasteiger partial charge in [-0.2, -0.15) is 0 Å². The molecule has 0 aromatic heterocycles. The van der Waals surface area contributed by atoms with Gasteiger partial charge in [-0.15, -0.1) is 0 Å². The smallest absolute Gasteiger partial charge is 0.186 e. The topological polar surface area (TPSA) is 47.9 Å². The van der Waals surface area contributed by atoms with Crippen molar-refractivity contribution in [1.82, 2.24) is 0 Å². The summed E-state index contributed by atoms with van der Waals surface area (Å²) in [4.78, 5) is 16.4. The molecule has 1 aromatic carbocycles. The van der Waals surface area contributed by atoms with E-state index in [1.165, 1.54) is 0 Å². The minimum absolute atomic E-state index is 0.00298. The lowest BCUT2D eigenvalue weighted by atomic mass is 9.70. The maximum atomic E-state index is 12.1. The van der Waals surface area contributed by atoms with Gasteiger partial charge < -0.3 is 9.47 Å². The summed E-state index contributed by atoms with van der Waals surface area (Å²) >= 11 is 13.2. The van der Waals surface area contributed by atoms with Gasteiger partial charge in [0, 0.05) is 17.4 Å². The van der Waals surface area contributed by atoms with Crippen LogP contribution in [-0.4, -0.2) is 31.4 Å². The predicted molar refractivity (Wildman–Crippen MR) is 108 cm³/mol. The largest absolute Gasteiger partial charge is 0.491 e. The molecule has 0 radical (unpaired) electrons. The zero-order valence-corrected chi connectivity index (χ0v) is 17.0. The van der Waals surface area contributed by atoms with Gasteiger partial charge in [0.15, 0.2) is 11.7 Å². The number of aliphatic imine (C=N–C) groups is 1. The monoisotopic (exact) mass is 407 g/mol. The van der Waals surface area contributed by atoms with Gasteiger partial charge in [0.1, 0.15) is 17.4 Å². The van der Waals surface area contributed by atoms with Crippen molar-refractivity contribution in [3.8, 4) is 5.75 Å². The highest BCUT2D eigenvalue weighted by atomic mass is 35.5. The van der Waals surface area contributed by atoms with Gasteiger partial charge in [-0.25, -0.2) is 0 Å². The first kappa shape index (κ1) is 18.8. The highest BCUT2D eigenvalue weighted by molar-refractivity contribution is 6.44. The molecule has 1 atom stereocenters. The zero-order chi connectivity index (χ0) is 19.0. The van der Waals surface area contributed by atoms with E-state index in [0.29, 0.717) is 48.4 Å². The van der Waals surface area contributed by atoms with Gasteiger partial charge >= 0.3 is 0 Å². The van der Waals surface area contributed by atoms with Crippen molar-refractivity contribution < 1.29 is 14.3 Å². The van der Waals surface area contributed by atoms with Crippen LogP contribution in [0, 0.1) is 5.41 Å². The summed E-state index contributed by atoms with van der Waals surface area (Å²) in [6.45, 7) is 3.99. The van der Waals surface area contributed by atoms with Gasteiger partial charge in [0.05, 0.1) is 24.6 Å². The van der Waals surface area contributed by atoms with Gasteiger partial charge in [0.25, 0.3) is 0 Å². The number of hydrogen-bond acceptors (Lipinski definition) is 4. The summed E-state index contributed by atoms with van der Waals surface area (Å²) in [6, 6.07) is 2.00. The lowest BCUT2D eigenvalue weighted by Crippen LogP contribution is -2.25. The molecule has 0 amide bonds. The van der Waals surface area contributed by atoms with Crippen LogP contribution in [0.25, 0.3) is 5.57 Å². The molecule has 4 nitrogen and oxygen atoms in total. The number of carbonyl (C=O) groups excluding carboxylic acids is 1. The van der Waals surface area contributed by atoms with Crippen LogP contribution in [0.15, 0.2) is 17.1 Å². The van der Waals surface area contributed by atoms with E-state index < -0.39 is 0 Å². The van der Waals surface area contributed by atoms with Gasteiger partial charge in [0.2, 0.25) is 0 Å². The Labute approximate surface area is 169 Å². The number of halogens is 2. The van der Waals surface area contributed by atoms with E-state index in [4.69, 9.17) is 32.7 Å². The molecule has 144 valence electrons. The average Bonchev–Trinajstić information content (AvgIpc) is 3.25. The Morgan fingerprint density at radius 2 is 2.19 bits per heavy atom. The summed E-state index contributed by atoms with van der Waals surface area (Å²) < 4.78 is 11.3. The van der Waals surface area contributed by atoms with Crippen molar-refractivity contribution in [2.24, 2.45) is 10.4 Å². The lowest BCUT2D eigenvalue weighted by molar-refractivity contribution is -0.115. The lowest BCUT2D eigenvalue weighted by Gasteiger charge is -2.33. The standard InChI is InChI=1S/C21H23Cl2NO3/c1-2-5-21-6-3-14(25)11-15(21)18-13(12-21)10-16(19(22)20(18)23)26-8-4-17-24-7-9-27-17/h10-11H,2-9,12H2,1H3/t21-/m1/s1. The van der Waals surface area contributed by atoms with E-state index in [1.54, 1.807) is 6.08 Å². The van der Waals surface area contributed by atoms with Crippen molar-refractivity contribution in [1.29, 1.82) is 0 Å². The highest BCUT2D eigenvalue weighted by Crippen LogP contribution is 2.58. The number of carbonyl (C=O) groups is 1. The Bertz CT molecular complexity index is 846. The molecule has 4 rings (SSSR count). The number of rotatable bonds is 6. The Kier molecular flexibility index (Phi) is 5.21. The molecule has 0 bridgehead atoms. The first-order valence-corrected chi connectivity index (χ1v) is 10.3.